The van der Waals surface area contributed by atoms with Gasteiger partial charge in [0.2, 0.25) is 10.0 Å². The van der Waals surface area contributed by atoms with Crippen molar-refractivity contribution < 1.29 is 13.2 Å². The molecule has 1 atom stereocenters. The van der Waals surface area contributed by atoms with Gasteiger partial charge in [-0.1, -0.05) is 19.1 Å². The number of ether oxygens (including phenoxy) is 1. The van der Waals surface area contributed by atoms with Crippen molar-refractivity contribution in [1.29, 1.82) is 0 Å². The predicted octanol–water partition coefficient (Wildman–Crippen LogP) is 1.64. The van der Waals surface area contributed by atoms with Gasteiger partial charge in [-0.25, -0.2) is 13.1 Å². The molecular formula is C15H24N2O3S. The van der Waals surface area contributed by atoms with E-state index >= 15 is 0 Å². The summed E-state index contributed by atoms with van der Waals surface area (Å²) in [5.41, 5.74) is 0.558. The fourth-order valence-electron chi connectivity index (χ4n) is 2.45. The number of rotatable bonds is 6. The Hall–Kier alpha value is -0.950. The van der Waals surface area contributed by atoms with Crippen molar-refractivity contribution in [1.82, 2.24) is 10.0 Å². The van der Waals surface area contributed by atoms with Crippen LogP contribution in [0.3, 0.4) is 0 Å². The maximum atomic E-state index is 12.4. The normalized spacial score (nSPS) is 23.1. The second-order valence-corrected chi connectivity index (χ2v) is 7.43. The first kappa shape index (κ1) is 16.4. The highest BCUT2D eigenvalue weighted by Gasteiger charge is 2.32. The minimum Gasteiger partial charge on any atom is -0.380 e. The Bertz CT molecular complexity index is 549. The smallest absolute Gasteiger partial charge is 0.241 e. The molecule has 0 radical (unpaired) electrons. The van der Waals surface area contributed by atoms with Crippen LogP contribution in [0.4, 0.5) is 0 Å². The van der Waals surface area contributed by atoms with Crippen LogP contribution in [0.5, 0.6) is 0 Å². The molecule has 5 nitrogen and oxygen atoms in total. The standard InChI is InChI=1S/C15H24N2O3S/c1-3-16-11-13-5-7-14(8-6-13)21(18,19)17-15(2)9-4-10-20-12-15/h5-8,16-17H,3-4,9-12H2,1-2H3. The molecule has 1 aliphatic heterocycles. The average molecular weight is 312 g/mol. The predicted molar refractivity (Wildman–Crippen MR) is 82.6 cm³/mol. The number of sulfonamides is 1. The number of nitrogens with one attached hydrogen (secondary N) is 2. The van der Waals surface area contributed by atoms with E-state index < -0.39 is 15.6 Å². The average Bonchev–Trinajstić information content (AvgIpc) is 2.45. The van der Waals surface area contributed by atoms with Crippen LogP contribution in [0.15, 0.2) is 29.2 Å². The van der Waals surface area contributed by atoms with Crippen LogP contribution in [0.1, 0.15) is 32.3 Å². The lowest BCUT2D eigenvalue weighted by Crippen LogP contribution is -2.51. The van der Waals surface area contributed by atoms with Crippen molar-refractivity contribution in [3.63, 3.8) is 0 Å². The summed E-state index contributed by atoms with van der Waals surface area (Å²) in [4.78, 5) is 0.301. The quantitative estimate of drug-likeness (QED) is 0.838. The maximum Gasteiger partial charge on any atom is 0.241 e. The van der Waals surface area contributed by atoms with Crippen LogP contribution < -0.4 is 10.0 Å². The first-order chi connectivity index (χ1) is 9.95. The monoisotopic (exact) mass is 312 g/mol. The molecule has 0 aromatic heterocycles. The van der Waals surface area contributed by atoms with E-state index in [4.69, 9.17) is 4.74 Å². The van der Waals surface area contributed by atoms with Gasteiger partial charge in [-0.3, -0.25) is 0 Å². The summed E-state index contributed by atoms with van der Waals surface area (Å²) in [6.07, 6.45) is 1.67. The van der Waals surface area contributed by atoms with E-state index in [1.807, 2.05) is 26.0 Å². The fourth-order valence-corrected chi connectivity index (χ4v) is 3.88. The highest BCUT2D eigenvalue weighted by molar-refractivity contribution is 7.89. The van der Waals surface area contributed by atoms with Gasteiger partial charge in [0.25, 0.3) is 0 Å². The van der Waals surface area contributed by atoms with Crippen molar-refractivity contribution in [3.8, 4) is 0 Å². The van der Waals surface area contributed by atoms with Crippen molar-refractivity contribution in [2.45, 2.75) is 43.7 Å². The highest BCUT2D eigenvalue weighted by Crippen LogP contribution is 2.21. The van der Waals surface area contributed by atoms with Gasteiger partial charge in [-0.05, 0) is 44.0 Å². The summed E-state index contributed by atoms with van der Waals surface area (Å²) in [6.45, 7) is 6.69. The Morgan fingerprint density at radius 2 is 2.00 bits per heavy atom. The first-order valence-electron chi connectivity index (χ1n) is 7.37. The summed E-state index contributed by atoms with van der Waals surface area (Å²) >= 11 is 0. The van der Waals surface area contributed by atoms with Crippen molar-refractivity contribution in [3.05, 3.63) is 29.8 Å². The van der Waals surface area contributed by atoms with Crippen LogP contribution in [0.25, 0.3) is 0 Å². The zero-order chi connectivity index (χ0) is 15.3. The van der Waals surface area contributed by atoms with Crippen LogP contribution in [-0.2, 0) is 21.3 Å². The minimum atomic E-state index is -3.51. The molecule has 1 fully saturated rings. The van der Waals surface area contributed by atoms with Gasteiger partial charge < -0.3 is 10.1 Å². The van der Waals surface area contributed by atoms with Gasteiger partial charge in [0.05, 0.1) is 17.0 Å². The number of benzene rings is 1. The van der Waals surface area contributed by atoms with Gasteiger partial charge in [-0.15, -0.1) is 0 Å². The topological polar surface area (TPSA) is 67.4 Å². The van der Waals surface area contributed by atoms with Crippen LogP contribution in [-0.4, -0.2) is 33.7 Å². The molecule has 6 heteroatoms. The number of hydrogen-bond acceptors (Lipinski definition) is 4. The van der Waals surface area contributed by atoms with Crippen LogP contribution >= 0.6 is 0 Å². The van der Waals surface area contributed by atoms with E-state index in [0.717, 1.165) is 31.5 Å². The Kier molecular flexibility index (Phi) is 5.37. The van der Waals surface area contributed by atoms with Crippen LogP contribution in [0, 0.1) is 0 Å². The zero-order valence-electron chi connectivity index (χ0n) is 12.7. The Labute approximate surface area is 127 Å². The van der Waals surface area contributed by atoms with Gasteiger partial charge >= 0.3 is 0 Å². The third-order valence-electron chi connectivity index (χ3n) is 3.63. The van der Waals surface area contributed by atoms with Gasteiger partial charge in [0.15, 0.2) is 0 Å². The second kappa shape index (κ2) is 6.87. The minimum absolute atomic E-state index is 0.301. The summed E-state index contributed by atoms with van der Waals surface area (Å²) in [5.74, 6) is 0. The second-order valence-electron chi connectivity index (χ2n) is 5.75. The largest absolute Gasteiger partial charge is 0.380 e. The maximum absolute atomic E-state index is 12.4. The molecule has 118 valence electrons. The van der Waals surface area contributed by atoms with Gasteiger partial charge in [-0.2, -0.15) is 0 Å². The molecule has 1 unspecified atom stereocenters. The zero-order valence-corrected chi connectivity index (χ0v) is 13.5. The van der Waals surface area contributed by atoms with Crippen LogP contribution in [0.2, 0.25) is 0 Å². The fraction of sp³-hybridized carbons (Fsp3) is 0.600. The lowest BCUT2D eigenvalue weighted by Gasteiger charge is -2.33. The molecule has 0 amide bonds. The van der Waals surface area contributed by atoms with E-state index in [9.17, 15) is 8.42 Å². The van der Waals surface area contributed by atoms with E-state index in [1.165, 1.54) is 0 Å². The summed E-state index contributed by atoms with van der Waals surface area (Å²) < 4.78 is 33.1. The highest BCUT2D eigenvalue weighted by atomic mass is 32.2. The molecule has 0 spiro atoms. The Balaban J connectivity index is 2.08. The molecule has 21 heavy (non-hydrogen) atoms. The Morgan fingerprint density at radius 3 is 2.57 bits per heavy atom. The molecule has 0 bridgehead atoms. The molecule has 1 saturated heterocycles. The molecule has 2 N–H and O–H groups in total. The van der Waals surface area contributed by atoms with E-state index in [2.05, 4.69) is 10.0 Å². The third-order valence-corrected chi connectivity index (χ3v) is 5.29. The lowest BCUT2D eigenvalue weighted by molar-refractivity contribution is 0.0386. The first-order valence-corrected chi connectivity index (χ1v) is 8.85. The van der Waals surface area contributed by atoms with Gasteiger partial charge in [0, 0.05) is 13.2 Å². The SMILES string of the molecule is CCNCc1ccc(S(=O)(=O)NC2(C)CCCOC2)cc1. The van der Waals surface area contributed by atoms with Gasteiger partial charge in [0.1, 0.15) is 0 Å². The third kappa shape index (κ3) is 4.51. The van der Waals surface area contributed by atoms with Crippen molar-refractivity contribution in [2.24, 2.45) is 0 Å². The summed E-state index contributed by atoms with van der Waals surface area (Å²) in [6, 6.07) is 7.00. The lowest BCUT2D eigenvalue weighted by atomic mass is 9.97. The Morgan fingerprint density at radius 1 is 1.29 bits per heavy atom. The molecular weight excluding hydrogens is 288 g/mol. The molecule has 2 rings (SSSR count). The van der Waals surface area contributed by atoms with Crippen molar-refractivity contribution >= 4 is 10.0 Å². The van der Waals surface area contributed by atoms with E-state index in [0.29, 0.717) is 18.1 Å². The molecule has 1 aromatic carbocycles. The van der Waals surface area contributed by atoms with Crippen molar-refractivity contribution in [2.75, 3.05) is 19.8 Å². The molecule has 1 aromatic rings. The van der Waals surface area contributed by atoms with E-state index in [1.54, 1.807) is 12.1 Å². The van der Waals surface area contributed by atoms with E-state index in [-0.39, 0.29) is 0 Å². The summed E-state index contributed by atoms with van der Waals surface area (Å²) in [7, 11) is -3.51. The summed E-state index contributed by atoms with van der Waals surface area (Å²) in [5, 5.41) is 3.21. The number of hydrogen-bond donors (Lipinski definition) is 2. The molecule has 1 heterocycles. The molecule has 0 aliphatic carbocycles. The molecule has 1 aliphatic rings. The molecule has 0 saturated carbocycles.